The zero-order valence-corrected chi connectivity index (χ0v) is 11.3. The van der Waals surface area contributed by atoms with Crippen molar-refractivity contribution in [2.75, 3.05) is 11.9 Å². The van der Waals surface area contributed by atoms with E-state index in [0.717, 1.165) is 39.8 Å². The topological polar surface area (TPSA) is 37.8 Å². The first-order valence-corrected chi connectivity index (χ1v) is 6.55. The average molecular weight is 317 g/mol. The molecule has 1 aromatic heterocycles. The molecule has 1 N–H and O–H groups in total. The smallest absolute Gasteiger partial charge is 0.143 e. The van der Waals surface area contributed by atoms with E-state index >= 15 is 0 Å². The van der Waals surface area contributed by atoms with Crippen molar-refractivity contribution < 1.29 is 0 Å². The Hall–Kier alpha value is -0.390. The van der Waals surface area contributed by atoms with Crippen LogP contribution < -0.4 is 5.32 Å². The van der Waals surface area contributed by atoms with Crippen LogP contribution in [-0.2, 0) is 6.42 Å². The van der Waals surface area contributed by atoms with Crippen LogP contribution in [0.1, 0.15) is 31.3 Å². The van der Waals surface area contributed by atoms with Gasteiger partial charge in [-0.3, -0.25) is 0 Å². The van der Waals surface area contributed by atoms with Crippen molar-refractivity contribution in [3.8, 4) is 0 Å². The van der Waals surface area contributed by atoms with Crippen LogP contribution in [0, 0.1) is 16.4 Å². The first-order valence-electron chi connectivity index (χ1n) is 5.47. The summed E-state index contributed by atoms with van der Waals surface area (Å²) in [5, 5.41) is 3.29. The molecule has 1 aliphatic rings. The predicted molar refractivity (Wildman–Crippen MR) is 70.1 cm³/mol. The molecular formula is C11H16IN3. The van der Waals surface area contributed by atoms with E-state index in [4.69, 9.17) is 0 Å². The van der Waals surface area contributed by atoms with Gasteiger partial charge >= 0.3 is 0 Å². The van der Waals surface area contributed by atoms with E-state index in [0.29, 0.717) is 0 Å². The number of nitrogens with zero attached hydrogens (tertiary/aromatic N) is 2. The average Bonchev–Trinajstić information content (AvgIpc) is 2.98. The Labute approximate surface area is 104 Å². The van der Waals surface area contributed by atoms with Gasteiger partial charge in [0.25, 0.3) is 0 Å². The summed E-state index contributed by atoms with van der Waals surface area (Å²) in [7, 11) is 0. The number of aromatic nitrogens is 2. The van der Waals surface area contributed by atoms with Crippen LogP contribution in [0.4, 0.5) is 5.82 Å². The second-order valence-corrected chi connectivity index (χ2v) is 5.14. The third-order valence-corrected chi connectivity index (χ3v) is 3.87. The zero-order chi connectivity index (χ0) is 10.8. The Balaban J connectivity index is 2.23. The Kier molecular flexibility index (Phi) is 3.43. The predicted octanol–water partition coefficient (Wildman–Crippen LogP) is 2.77. The van der Waals surface area contributed by atoms with Gasteiger partial charge in [-0.2, -0.15) is 0 Å². The number of rotatable bonds is 4. The van der Waals surface area contributed by atoms with Crippen molar-refractivity contribution in [3.05, 3.63) is 15.1 Å². The highest BCUT2D eigenvalue weighted by molar-refractivity contribution is 14.1. The number of halogens is 1. The summed E-state index contributed by atoms with van der Waals surface area (Å²) in [5.41, 5.74) is 1.09. The summed E-state index contributed by atoms with van der Waals surface area (Å²) < 4.78 is 1.15. The Bertz CT molecular complexity index is 361. The third-order valence-electron chi connectivity index (χ3n) is 2.58. The molecule has 0 aliphatic heterocycles. The lowest BCUT2D eigenvalue weighted by molar-refractivity contribution is 0.762. The van der Waals surface area contributed by atoms with Crippen molar-refractivity contribution in [2.24, 2.45) is 5.92 Å². The number of anilines is 1. The maximum Gasteiger partial charge on any atom is 0.143 e. The highest BCUT2D eigenvalue weighted by Gasteiger charge is 2.23. The molecule has 82 valence electrons. The molecule has 1 aliphatic carbocycles. The van der Waals surface area contributed by atoms with Crippen molar-refractivity contribution in [3.63, 3.8) is 0 Å². The summed E-state index contributed by atoms with van der Waals surface area (Å²) in [6.45, 7) is 5.06. The molecule has 0 unspecified atom stereocenters. The van der Waals surface area contributed by atoms with Gasteiger partial charge in [0.2, 0.25) is 0 Å². The fraction of sp³-hybridized carbons (Fsp3) is 0.636. The standard InChI is InChI=1S/C11H16IN3/c1-3-13-11-10(12)7(2)14-9(15-11)6-8-4-5-8/h8H,3-6H2,1-2H3,(H,13,14,15). The number of aryl methyl sites for hydroxylation is 1. The number of hydrogen-bond acceptors (Lipinski definition) is 3. The second-order valence-electron chi connectivity index (χ2n) is 4.07. The molecule has 15 heavy (non-hydrogen) atoms. The Morgan fingerprint density at radius 2 is 2.13 bits per heavy atom. The molecule has 0 radical (unpaired) electrons. The van der Waals surface area contributed by atoms with E-state index in [1.165, 1.54) is 12.8 Å². The van der Waals surface area contributed by atoms with E-state index < -0.39 is 0 Å². The van der Waals surface area contributed by atoms with Crippen LogP contribution >= 0.6 is 22.6 Å². The van der Waals surface area contributed by atoms with Crippen LogP contribution in [0.5, 0.6) is 0 Å². The number of nitrogens with one attached hydrogen (secondary N) is 1. The maximum atomic E-state index is 4.57. The lowest BCUT2D eigenvalue weighted by Gasteiger charge is -2.09. The van der Waals surface area contributed by atoms with Crippen LogP contribution in [0.15, 0.2) is 0 Å². The second kappa shape index (κ2) is 4.63. The van der Waals surface area contributed by atoms with Crippen LogP contribution in [0.2, 0.25) is 0 Å². The summed E-state index contributed by atoms with van der Waals surface area (Å²) in [4.78, 5) is 9.11. The highest BCUT2D eigenvalue weighted by atomic mass is 127. The molecule has 3 nitrogen and oxygen atoms in total. The molecule has 1 heterocycles. The van der Waals surface area contributed by atoms with E-state index in [-0.39, 0.29) is 0 Å². The summed E-state index contributed by atoms with van der Waals surface area (Å²) >= 11 is 2.31. The van der Waals surface area contributed by atoms with Gasteiger partial charge in [-0.15, -0.1) is 0 Å². The van der Waals surface area contributed by atoms with Crippen LogP contribution in [0.3, 0.4) is 0 Å². The zero-order valence-electron chi connectivity index (χ0n) is 9.18. The summed E-state index contributed by atoms with van der Waals surface area (Å²) in [6, 6.07) is 0. The van der Waals surface area contributed by atoms with E-state index in [1.807, 2.05) is 0 Å². The van der Waals surface area contributed by atoms with E-state index in [9.17, 15) is 0 Å². The van der Waals surface area contributed by atoms with Gasteiger partial charge in [0.05, 0.1) is 9.26 Å². The summed E-state index contributed by atoms with van der Waals surface area (Å²) in [6.07, 6.45) is 3.76. The number of hydrogen-bond donors (Lipinski definition) is 1. The minimum atomic E-state index is 0.846. The fourth-order valence-electron chi connectivity index (χ4n) is 1.57. The van der Waals surface area contributed by atoms with Crippen LogP contribution in [0.25, 0.3) is 0 Å². The molecule has 0 bridgehead atoms. The first-order chi connectivity index (χ1) is 7.20. The normalized spacial score (nSPS) is 15.4. The monoisotopic (exact) mass is 317 g/mol. The molecule has 0 spiro atoms. The van der Waals surface area contributed by atoms with Crippen molar-refractivity contribution in [2.45, 2.75) is 33.1 Å². The van der Waals surface area contributed by atoms with Crippen molar-refractivity contribution in [1.82, 2.24) is 9.97 Å². The van der Waals surface area contributed by atoms with Crippen molar-refractivity contribution in [1.29, 1.82) is 0 Å². The Morgan fingerprint density at radius 1 is 1.40 bits per heavy atom. The molecule has 0 amide bonds. The van der Waals surface area contributed by atoms with Gasteiger partial charge in [0, 0.05) is 13.0 Å². The van der Waals surface area contributed by atoms with Crippen LogP contribution in [-0.4, -0.2) is 16.5 Å². The molecular weight excluding hydrogens is 301 g/mol. The minimum Gasteiger partial charge on any atom is -0.369 e. The van der Waals surface area contributed by atoms with Gasteiger partial charge in [-0.1, -0.05) is 0 Å². The molecule has 1 aromatic rings. The van der Waals surface area contributed by atoms with Gasteiger partial charge in [0.1, 0.15) is 11.6 Å². The minimum absolute atomic E-state index is 0.846. The van der Waals surface area contributed by atoms with Gasteiger partial charge < -0.3 is 5.32 Å². The van der Waals surface area contributed by atoms with Crippen molar-refractivity contribution >= 4 is 28.4 Å². The Morgan fingerprint density at radius 3 is 2.73 bits per heavy atom. The molecule has 2 rings (SSSR count). The lowest BCUT2D eigenvalue weighted by Crippen LogP contribution is -2.08. The lowest BCUT2D eigenvalue weighted by atomic mass is 10.2. The highest BCUT2D eigenvalue weighted by Crippen LogP contribution is 2.32. The molecule has 0 saturated heterocycles. The quantitative estimate of drug-likeness (QED) is 0.868. The summed E-state index contributed by atoms with van der Waals surface area (Å²) in [5.74, 6) is 2.85. The molecule has 1 saturated carbocycles. The SMILES string of the molecule is CCNc1nc(CC2CC2)nc(C)c1I. The van der Waals surface area contributed by atoms with E-state index in [2.05, 4.69) is 51.7 Å². The fourth-order valence-corrected chi connectivity index (χ4v) is 2.01. The van der Waals surface area contributed by atoms with Gasteiger partial charge in [0.15, 0.2) is 0 Å². The molecule has 1 fully saturated rings. The van der Waals surface area contributed by atoms with Gasteiger partial charge in [-0.05, 0) is 55.2 Å². The molecule has 0 aromatic carbocycles. The molecule has 4 heteroatoms. The third kappa shape index (κ3) is 2.80. The van der Waals surface area contributed by atoms with E-state index in [1.54, 1.807) is 0 Å². The maximum absolute atomic E-state index is 4.57. The molecule has 0 atom stereocenters. The largest absolute Gasteiger partial charge is 0.369 e. The first kappa shape index (κ1) is 11.1. The van der Waals surface area contributed by atoms with Gasteiger partial charge in [-0.25, -0.2) is 9.97 Å².